The monoisotopic (exact) mass is 245 g/mol. The van der Waals surface area contributed by atoms with Crippen molar-refractivity contribution >= 4 is 0 Å². The van der Waals surface area contributed by atoms with Crippen molar-refractivity contribution in [3.63, 3.8) is 0 Å². The van der Waals surface area contributed by atoms with Gasteiger partial charge in [0.2, 0.25) is 0 Å². The van der Waals surface area contributed by atoms with E-state index in [4.69, 9.17) is 0 Å². The van der Waals surface area contributed by atoms with Crippen molar-refractivity contribution in [2.45, 2.75) is 31.8 Å². The number of nitrogens with one attached hydrogen (secondary N) is 1. The van der Waals surface area contributed by atoms with Crippen molar-refractivity contribution in [1.82, 2.24) is 24.6 Å². The fraction of sp³-hybridized carbons (Fsp3) is 0.538. The van der Waals surface area contributed by atoms with Gasteiger partial charge in [-0.15, -0.1) is 0 Å². The van der Waals surface area contributed by atoms with Crippen LogP contribution in [-0.2, 0) is 20.0 Å². The minimum absolute atomic E-state index is 0.487. The third-order valence-electron chi connectivity index (χ3n) is 3.56. The minimum atomic E-state index is 0.487. The third-order valence-corrected chi connectivity index (χ3v) is 3.56. The molecule has 1 saturated heterocycles. The van der Waals surface area contributed by atoms with E-state index in [2.05, 4.69) is 26.2 Å². The summed E-state index contributed by atoms with van der Waals surface area (Å²) < 4.78 is 4.11. The van der Waals surface area contributed by atoms with Gasteiger partial charge >= 0.3 is 0 Å². The van der Waals surface area contributed by atoms with Crippen molar-refractivity contribution in [2.75, 3.05) is 6.54 Å². The zero-order valence-corrected chi connectivity index (χ0v) is 10.7. The Morgan fingerprint density at radius 3 is 3.11 bits per heavy atom. The van der Waals surface area contributed by atoms with E-state index in [-0.39, 0.29) is 0 Å². The molecule has 1 aliphatic heterocycles. The fourth-order valence-electron chi connectivity index (χ4n) is 2.60. The first-order valence-electron chi connectivity index (χ1n) is 6.54. The molecule has 3 heterocycles. The van der Waals surface area contributed by atoms with E-state index < -0.39 is 0 Å². The van der Waals surface area contributed by atoms with E-state index in [1.165, 1.54) is 24.1 Å². The average molecular weight is 245 g/mol. The summed E-state index contributed by atoms with van der Waals surface area (Å²) in [6, 6.07) is 0.487. The number of hydrogen-bond acceptors (Lipinski definition) is 3. The predicted octanol–water partition coefficient (Wildman–Crippen LogP) is 1.28. The molecule has 1 aliphatic rings. The molecule has 1 atom stereocenters. The normalized spacial score (nSPS) is 19.5. The molecule has 18 heavy (non-hydrogen) atoms. The van der Waals surface area contributed by atoms with Crippen LogP contribution >= 0.6 is 0 Å². The van der Waals surface area contributed by atoms with Crippen LogP contribution in [0.15, 0.2) is 24.9 Å². The van der Waals surface area contributed by atoms with Gasteiger partial charge in [-0.1, -0.05) is 0 Å². The average Bonchev–Trinajstić information content (AvgIpc) is 3.07. The van der Waals surface area contributed by atoms with Crippen molar-refractivity contribution in [2.24, 2.45) is 7.05 Å². The van der Waals surface area contributed by atoms with E-state index in [9.17, 15) is 0 Å². The molecule has 3 rings (SSSR count). The zero-order chi connectivity index (χ0) is 12.4. The Kier molecular flexibility index (Phi) is 3.15. The Hall–Kier alpha value is -1.62. The van der Waals surface area contributed by atoms with E-state index in [0.717, 1.165) is 19.5 Å². The summed E-state index contributed by atoms with van der Waals surface area (Å²) in [5, 5.41) is 7.72. The van der Waals surface area contributed by atoms with E-state index in [1.54, 1.807) is 0 Å². The van der Waals surface area contributed by atoms with E-state index in [0.29, 0.717) is 6.04 Å². The molecule has 2 aromatic heterocycles. The number of aryl methyl sites for hydroxylation is 3. The van der Waals surface area contributed by atoms with Crippen molar-refractivity contribution < 1.29 is 0 Å². The molecule has 0 aromatic carbocycles. The van der Waals surface area contributed by atoms with E-state index in [1.807, 2.05) is 30.5 Å². The van der Waals surface area contributed by atoms with Gasteiger partial charge in [-0.05, 0) is 31.4 Å². The molecule has 0 aliphatic carbocycles. The lowest BCUT2D eigenvalue weighted by Gasteiger charge is -2.13. The number of imidazole rings is 1. The zero-order valence-electron chi connectivity index (χ0n) is 10.7. The Morgan fingerprint density at radius 2 is 2.39 bits per heavy atom. The van der Waals surface area contributed by atoms with E-state index >= 15 is 0 Å². The molecule has 0 saturated carbocycles. The lowest BCUT2D eigenvalue weighted by molar-refractivity contribution is 0.563. The molecular weight excluding hydrogens is 226 g/mol. The largest absolute Gasteiger partial charge is 0.333 e. The van der Waals surface area contributed by atoms with Crippen molar-refractivity contribution in [3.8, 4) is 0 Å². The highest BCUT2D eigenvalue weighted by molar-refractivity contribution is 5.09. The van der Waals surface area contributed by atoms with Crippen LogP contribution in [0.5, 0.6) is 0 Å². The molecule has 0 bridgehead atoms. The molecule has 5 heteroatoms. The van der Waals surface area contributed by atoms with Gasteiger partial charge in [-0.2, -0.15) is 5.10 Å². The van der Waals surface area contributed by atoms with Crippen LogP contribution in [-0.4, -0.2) is 25.9 Å². The van der Waals surface area contributed by atoms with Crippen LogP contribution in [0.4, 0.5) is 0 Å². The predicted molar refractivity (Wildman–Crippen MR) is 69.1 cm³/mol. The first-order valence-corrected chi connectivity index (χ1v) is 6.54. The second-order valence-electron chi connectivity index (χ2n) is 4.93. The summed E-state index contributed by atoms with van der Waals surface area (Å²) in [5.74, 6) is 0. The summed E-state index contributed by atoms with van der Waals surface area (Å²) in [6.07, 6.45) is 11.4. The second kappa shape index (κ2) is 4.94. The van der Waals surface area contributed by atoms with Crippen LogP contribution in [0, 0.1) is 0 Å². The molecule has 0 spiro atoms. The van der Waals surface area contributed by atoms with Crippen LogP contribution in [0.25, 0.3) is 0 Å². The fourth-order valence-corrected chi connectivity index (χ4v) is 2.60. The number of rotatable bonds is 4. The first kappa shape index (κ1) is 11.5. The minimum Gasteiger partial charge on any atom is -0.333 e. The lowest BCUT2D eigenvalue weighted by Crippen LogP contribution is -2.17. The molecule has 2 aromatic rings. The lowest BCUT2D eigenvalue weighted by atomic mass is 10.1. The summed E-state index contributed by atoms with van der Waals surface area (Å²) in [6.45, 7) is 2.09. The number of nitrogens with zero attached hydrogens (tertiary/aromatic N) is 4. The van der Waals surface area contributed by atoms with Crippen LogP contribution < -0.4 is 5.32 Å². The van der Waals surface area contributed by atoms with Gasteiger partial charge < -0.3 is 9.88 Å². The summed E-state index contributed by atoms with van der Waals surface area (Å²) in [7, 11) is 1.95. The quantitative estimate of drug-likeness (QED) is 0.883. The molecule has 1 N–H and O–H groups in total. The number of hydrogen-bond donors (Lipinski definition) is 1. The second-order valence-corrected chi connectivity index (χ2v) is 4.93. The maximum atomic E-state index is 4.29. The molecule has 0 amide bonds. The molecule has 5 nitrogen and oxygen atoms in total. The SMILES string of the molecule is Cn1cc(CCn2cncc2[C@@H]2CCCN2)cn1. The van der Waals surface area contributed by atoms with Crippen molar-refractivity contribution in [1.29, 1.82) is 0 Å². The van der Waals surface area contributed by atoms with Gasteiger partial charge in [0.25, 0.3) is 0 Å². The highest BCUT2D eigenvalue weighted by Gasteiger charge is 2.19. The Morgan fingerprint density at radius 1 is 1.44 bits per heavy atom. The maximum Gasteiger partial charge on any atom is 0.0948 e. The van der Waals surface area contributed by atoms with Gasteiger partial charge in [0.1, 0.15) is 0 Å². The molecule has 0 unspecified atom stereocenters. The van der Waals surface area contributed by atoms with Gasteiger partial charge in [0, 0.05) is 32.0 Å². The Bertz CT molecular complexity index is 507. The van der Waals surface area contributed by atoms with Gasteiger partial charge in [0.15, 0.2) is 0 Å². The topological polar surface area (TPSA) is 47.7 Å². The molecule has 1 fully saturated rings. The molecule has 96 valence electrons. The first-order chi connectivity index (χ1) is 8.83. The summed E-state index contributed by atoms with van der Waals surface area (Å²) >= 11 is 0. The highest BCUT2D eigenvalue weighted by atomic mass is 15.2. The Labute approximate surface area is 107 Å². The highest BCUT2D eigenvalue weighted by Crippen LogP contribution is 2.22. The Balaban J connectivity index is 1.67. The van der Waals surface area contributed by atoms with Crippen LogP contribution in [0.1, 0.15) is 30.1 Å². The summed E-state index contributed by atoms with van der Waals surface area (Å²) in [5.41, 5.74) is 2.59. The van der Waals surface area contributed by atoms with Crippen LogP contribution in [0.3, 0.4) is 0 Å². The van der Waals surface area contributed by atoms with Gasteiger partial charge in [0.05, 0.1) is 18.2 Å². The molecule has 0 radical (unpaired) electrons. The van der Waals surface area contributed by atoms with Crippen molar-refractivity contribution in [3.05, 3.63) is 36.2 Å². The molecular formula is C13H19N5. The third kappa shape index (κ3) is 2.31. The maximum absolute atomic E-state index is 4.29. The van der Waals surface area contributed by atoms with Gasteiger partial charge in [-0.3, -0.25) is 4.68 Å². The smallest absolute Gasteiger partial charge is 0.0948 e. The number of aromatic nitrogens is 4. The van der Waals surface area contributed by atoms with Crippen LogP contribution in [0.2, 0.25) is 0 Å². The standard InChI is InChI=1S/C13H19N5/c1-17-9-11(7-16-17)4-6-18-10-14-8-13(18)12-3-2-5-15-12/h7-10,12,15H,2-6H2,1H3/t12-/m0/s1. The van der Waals surface area contributed by atoms with Gasteiger partial charge in [-0.25, -0.2) is 4.98 Å². The summed E-state index contributed by atoms with van der Waals surface area (Å²) in [4.78, 5) is 4.29.